The van der Waals surface area contributed by atoms with Crippen LogP contribution in [0, 0.1) is 0 Å². The summed E-state index contributed by atoms with van der Waals surface area (Å²) in [6.45, 7) is 4.68. The number of benzene rings is 9. The van der Waals surface area contributed by atoms with Gasteiger partial charge in [0.1, 0.15) is 11.2 Å². The van der Waals surface area contributed by atoms with Crippen LogP contribution >= 0.6 is 0 Å². The molecule has 0 amide bonds. The van der Waals surface area contributed by atoms with Crippen LogP contribution in [0.4, 0.5) is 17.1 Å². The number of rotatable bonds is 6. The third-order valence-electron chi connectivity index (χ3n) is 12.0. The van der Waals surface area contributed by atoms with Gasteiger partial charge in [-0.25, -0.2) is 0 Å². The zero-order valence-electron chi connectivity index (χ0n) is 31.9. The molecule has 0 unspecified atom stereocenters. The van der Waals surface area contributed by atoms with E-state index in [1.165, 1.54) is 49.9 Å². The molecule has 9 aromatic carbocycles. The van der Waals surface area contributed by atoms with Gasteiger partial charge in [-0.05, 0) is 104 Å². The summed E-state index contributed by atoms with van der Waals surface area (Å²) >= 11 is 0. The van der Waals surface area contributed by atoms with Crippen LogP contribution in [0.5, 0.6) is 0 Å². The molecule has 2 heteroatoms. The summed E-state index contributed by atoms with van der Waals surface area (Å²) in [7, 11) is 0. The van der Waals surface area contributed by atoms with Crippen molar-refractivity contribution in [3.8, 4) is 44.5 Å². The lowest BCUT2D eigenvalue weighted by atomic mass is 9.82. The maximum Gasteiger partial charge on any atom is 0.143 e. The number of fused-ring (bicyclic) bond motifs is 8. The highest BCUT2D eigenvalue weighted by molar-refractivity contribution is 6.17. The van der Waals surface area contributed by atoms with Crippen LogP contribution in [-0.4, -0.2) is 0 Å². The smallest absolute Gasteiger partial charge is 0.143 e. The third-order valence-corrected chi connectivity index (χ3v) is 12.0. The molecule has 57 heavy (non-hydrogen) atoms. The molecule has 1 heterocycles. The molecule has 0 bridgehead atoms. The second-order valence-corrected chi connectivity index (χ2v) is 15.7. The lowest BCUT2D eigenvalue weighted by Crippen LogP contribution is -2.15. The first-order chi connectivity index (χ1) is 28.0. The van der Waals surface area contributed by atoms with E-state index in [9.17, 15) is 0 Å². The molecule has 0 radical (unpaired) electrons. The molecular formula is C55H39NO. The summed E-state index contributed by atoms with van der Waals surface area (Å²) in [4.78, 5) is 2.42. The number of nitrogens with zero attached hydrogens (tertiary/aromatic N) is 1. The maximum atomic E-state index is 6.76. The van der Waals surface area contributed by atoms with Gasteiger partial charge < -0.3 is 9.32 Å². The first-order valence-corrected chi connectivity index (χ1v) is 19.8. The minimum absolute atomic E-state index is 0.0748. The fourth-order valence-corrected chi connectivity index (χ4v) is 9.17. The van der Waals surface area contributed by atoms with Crippen LogP contribution in [0.25, 0.3) is 77.2 Å². The Morgan fingerprint density at radius 1 is 0.351 bits per heavy atom. The van der Waals surface area contributed by atoms with Gasteiger partial charge in [-0.3, -0.25) is 0 Å². The van der Waals surface area contributed by atoms with E-state index in [0.717, 1.165) is 55.5 Å². The minimum atomic E-state index is -0.0748. The zero-order chi connectivity index (χ0) is 38.1. The van der Waals surface area contributed by atoms with Crippen LogP contribution in [0.2, 0.25) is 0 Å². The van der Waals surface area contributed by atoms with Crippen molar-refractivity contribution in [1.82, 2.24) is 0 Å². The standard InChI is InChI=1S/C55H39NO/c1-55(2)51-23-12-11-20-47(51)50-35-43(29-31-52(50)55)56(44-33-40(36-14-5-3-6-15-36)32-41(34-44)37-16-7-4-8-17-37)42-27-24-39(25-28-42)46-21-13-22-48-49-30-26-38-18-9-10-19-45(38)54(49)57-53(46)48/h3-35H,1-2H3. The van der Waals surface area contributed by atoms with Gasteiger partial charge in [0.2, 0.25) is 0 Å². The number of anilines is 3. The van der Waals surface area contributed by atoms with E-state index >= 15 is 0 Å². The Balaban J connectivity index is 1.10. The molecule has 11 rings (SSSR count). The lowest BCUT2D eigenvalue weighted by molar-refractivity contribution is 0.660. The van der Waals surface area contributed by atoms with E-state index < -0.39 is 0 Å². The number of hydrogen-bond acceptors (Lipinski definition) is 2. The maximum absolute atomic E-state index is 6.76. The number of hydrogen-bond donors (Lipinski definition) is 0. The zero-order valence-corrected chi connectivity index (χ0v) is 31.9. The summed E-state index contributed by atoms with van der Waals surface area (Å²) in [5, 5.41) is 4.59. The highest BCUT2D eigenvalue weighted by Crippen LogP contribution is 2.51. The predicted octanol–water partition coefficient (Wildman–Crippen LogP) is 15.5. The quantitative estimate of drug-likeness (QED) is 0.169. The van der Waals surface area contributed by atoms with Crippen LogP contribution in [0.1, 0.15) is 25.0 Å². The summed E-state index contributed by atoms with van der Waals surface area (Å²) < 4.78 is 6.76. The molecule has 1 aliphatic rings. The Morgan fingerprint density at radius 2 is 0.947 bits per heavy atom. The Hall–Kier alpha value is -7.16. The first kappa shape index (κ1) is 33.2. The monoisotopic (exact) mass is 729 g/mol. The number of para-hydroxylation sites is 1. The SMILES string of the molecule is CC1(C)c2ccccc2-c2cc(N(c3ccc(-c4cccc5c4oc4c6ccccc6ccc54)cc3)c3cc(-c4ccccc4)cc(-c4ccccc4)c3)ccc21. The average Bonchev–Trinajstić information content (AvgIpc) is 3.77. The Morgan fingerprint density at radius 3 is 1.70 bits per heavy atom. The Bertz CT molecular complexity index is 3080. The van der Waals surface area contributed by atoms with Crippen LogP contribution in [0.15, 0.2) is 205 Å². The molecule has 0 fully saturated rings. The van der Waals surface area contributed by atoms with Crippen molar-refractivity contribution in [2.45, 2.75) is 19.3 Å². The van der Waals surface area contributed by atoms with Crippen LogP contribution in [0.3, 0.4) is 0 Å². The van der Waals surface area contributed by atoms with Gasteiger partial charge in [-0.15, -0.1) is 0 Å². The van der Waals surface area contributed by atoms with E-state index in [1.807, 2.05) is 0 Å². The van der Waals surface area contributed by atoms with E-state index in [2.05, 4.69) is 219 Å². The van der Waals surface area contributed by atoms with E-state index in [-0.39, 0.29) is 5.41 Å². The topological polar surface area (TPSA) is 16.4 Å². The fraction of sp³-hybridized carbons (Fsp3) is 0.0545. The Labute approximate surface area is 332 Å². The van der Waals surface area contributed by atoms with Crippen LogP contribution in [-0.2, 0) is 5.41 Å². The van der Waals surface area contributed by atoms with Gasteiger partial charge in [0.25, 0.3) is 0 Å². The molecule has 270 valence electrons. The van der Waals surface area contributed by atoms with E-state index in [0.29, 0.717) is 0 Å². The highest BCUT2D eigenvalue weighted by Gasteiger charge is 2.35. The van der Waals surface area contributed by atoms with Gasteiger partial charge in [0, 0.05) is 44.2 Å². The van der Waals surface area contributed by atoms with E-state index in [4.69, 9.17) is 4.42 Å². The van der Waals surface area contributed by atoms with Gasteiger partial charge in [0.15, 0.2) is 0 Å². The third kappa shape index (κ3) is 5.40. The molecule has 0 aliphatic heterocycles. The summed E-state index contributed by atoms with van der Waals surface area (Å²) in [6.07, 6.45) is 0. The van der Waals surface area contributed by atoms with Gasteiger partial charge in [-0.1, -0.05) is 166 Å². The second-order valence-electron chi connectivity index (χ2n) is 15.7. The van der Waals surface area contributed by atoms with E-state index in [1.54, 1.807) is 0 Å². The largest absolute Gasteiger partial charge is 0.455 e. The molecule has 0 saturated heterocycles. The van der Waals surface area contributed by atoms with Crippen LogP contribution < -0.4 is 4.90 Å². The molecular weight excluding hydrogens is 691 g/mol. The molecule has 0 N–H and O–H groups in total. The van der Waals surface area contributed by atoms with Crippen molar-refractivity contribution < 1.29 is 4.42 Å². The first-order valence-electron chi connectivity index (χ1n) is 19.8. The van der Waals surface area contributed by atoms with Crippen molar-refractivity contribution in [3.63, 3.8) is 0 Å². The average molecular weight is 730 g/mol. The van der Waals surface area contributed by atoms with Gasteiger partial charge >= 0.3 is 0 Å². The minimum Gasteiger partial charge on any atom is -0.455 e. The molecule has 1 aromatic heterocycles. The van der Waals surface area contributed by atoms with Crippen molar-refractivity contribution in [2.75, 3.05) is 4.90 Å². The second kappa shape index (κ2) is 13.0. The van der Waals surface area contributed by atoms with Crippen molar-refractivity contribution in [2.24, 2.45) is 0 Å². The van der Waals surface area contributed by atoms with Crippen molar-refractivity contribution in [3.05, 3.63) is 211 Å². The normalized spacial score (nSPS) is 12.9. The van der Waals surface area contributed by atoms with Crippen molar-refractivity contribution in [1.29, 1.82) is 0 Å². The molecule has 2 nitrogen and oxygen atoms in total. The van der Waals surface area contributed by atoms with Crippen molar-refractivity contribution >= 4 is 49.8 Å². The molecule has 0 atom stereocenters. The highest BCUT2D eigenvalue weighted by atomic mass is 16.3. The fourth-order valence-electron chi connectivity index (χ4n) is 9.17. The molecule has 0 saturated carbocycles. The van der Waals surface area contributed by atoms with Gasteiger partial charge in [0.05, 0.1) is 0 Å². The summed E-state index contributed by atoms with van der Waals surface area (Å²) in [5.41, 5.74) is 17.3. The molecule has 0 spiro atoms. The van der Waals surface area contributed by atoms with Gasteiger partial charge in [-0.2, -0.15) is 0 Å². The number of furan rings is 1. The Kier molecular flexibility index (Phi) is 7.55. The summed E-state index contributed by atoms with van der Waals surface area (Å²) in [5.74, 6) is 0. The molecule has 10 aromatic rings. The lowest BCUT2D eigenvalue weighted by Gasteiger charge is -2.28. The summed E-state index contributed by atoms with van der Waals surface area (Å²) in [6, 6.07) is 72.7. The molecule has 1 aliphatic carbocycles. The predicted molar refractivity (Wildman–Crippen MR) is 240 cm³/mol.